The molecule has 350 valence electrons. The van der Waals surface area contributed by atoms with Gasteiger partial charge in [-0.3, -0.25) is 0 Å². The maximum absolute atomic E-state index is 5.33. The Kier molecular flexibility index (Phi) is 10.2. The van der Waals surface area contributed by atoms with E-state index in [0.29, 0.717) is 17.5 Å². The third kappa shape index (κ3) is 7.29. The van der Waals surface area contributed by atoms with Crippen LogP contribution in [0, 0.1) is 0 Å². The molecule has 0 saturated carbocycles. The second-order valence-electron chi connectivity index (χ2n) is 19.0. The average molecular weight is 991 g/mol. The minimum atomic E-state index is 0.597. The molecule has 0 radical (unpaired) electrons. The van der Waals surface area contributed by atoms with Crippen LogP contribution in [-0.2, 0) is 0 Å². The highest BCUT2D eigenvalue weighted by molar-refractivity contribution is 7.30. The van der Waals surface area contributed by atoms with E-state index in [0.717, 1.165) is 66.8 Å². The Balaban J connectivity index is 1.05. The SMILES string of the molecule is c1ccc(-c2ccc(-c3cc(-c4nc(-c5ccccc5)nc(-c5ccccc5)n4)cc(-c4ccc(-c5ccccc5)cc4)c3-n3c4ccccc4c4c5sc6c(ccc7sc8ccccc8c76)c5ccc43)cc2)cc1. The van der Waals surface area contributed by atoms with Crippen molar-refractivity contribution in [2.75, 3.05) is 0 Å². The Bertz CT molecular complexity index is 4500. The van der Waals surface area contributed by atoms with Crippen molar-refractivity contribution in [2.24, 2.45) is 0 Å². The number of fused-ring (bicyclic) bond motifs is 11. The molecule has 75 heavy (non-hydrogen) atoms. The van der Waals surface area contributed by atoms with Crippen LogP contribution in [0.15, 0.2) is 255 Å². The van der Waals surface area contributed by atoms with Crippen molar-refractivity contribution in [1.82, 2.24) is 19.5 Å². The highest BCUT2D eigenvalue weighted by atomic mass is 32.1. The zero-order valence-electron chi connectivity index (χ0n) is 40.4. The monoisotopic (exact) mass is 990 g/mol. The van der Waals surface area contributed by atoms with E-state index in [1.807, 2.05) is 59.1 Å². The van der Waals surface area contributed by atoms with Gasteiger partial charge in [0.15, 0.2) is 17.5 Å². The van der Waals surface area contributed by atoms with Gasteiger partial charge in [0.05, 0.1) is 16.7 Å². The number of thiophene rings is 2. The fourth-order valence-corrected chi connectivity index (χ4v) is 13.7. The lowest BCUT2D eigenvalue weighted by atomic mass is 9.91. The van der Waals surface area contributed by atoms with Crippen LogP contribution in [0.5, 0.6) is 0 Å². The second kappa shape index (κ2) is 17.7. The first-order valence-corrected chi connectivity index (χ1v) is 26.9. The van der Waals surface area contributed by atoms with E-state index in [1.54, 1.807) is 0 Å². The van der Waals surface area contributed by atoms with Crippen molar-refractivity contribution in [1.29, 1.82) is 0 Å². The molecule has 4 aromatic heterocycles. The van der Waals surface area contributed by atoms with Crippen molar-refractivity contribution in [3.05, 3.63) is 255 Å². The number of hydrogen-bond acceptors (Lipinski definition) is 5. The van der Waals surface area contributed by atoms with Crippen molar-refractivity contribution in [3.63, 3.8) is 0 Å². The number of benzene rings is 11. The van der Waals surface area contributed by atoms with Gasteiger partial charge < -0.3 is 4.57 Å². The summed E-state index contributed by atoms with van der Waals surface area (Å²) in [6.07, 6.45) is 0. The average Bonchev–Trinajstić information content (AvgIpc) is 4.18. The van der Waals surface area contributed by atoms with Crippen LogP contribution in [0.3, 0.4) is 0 Å². The van der Waals surface area contributed by atoms with Gasteiger partial charge >= 0.3 is 0 Å². The quantitative estimate of drug-likeness (QED) is 0.152. The molecule has 11 aromatic carbocycles. The van der Waals surface area contributed by atoms with Crippen LogP contribution in [0.25, 0.3) is 147 Å². The third-order valence-electron chi connectivity index (χ3n) is 14.7. The lowest BCUT2D eigenvalue weighted by Gasteiger charge is -2.21. The minimum absolute atomic E-state index is 0.597. The van der Waals surface area contributed by atoms with Crippen LogP contribution < -0.4 is 0 Å². The molecule has 0 unspecified atom stereocenters. The largest absolute Gasteiger partial charge is 0.308 e. The molecule has 15 rings (SSSR count). The zero-order chi connectivity index (χ0) is 49.4. The van der Waals surface area contributed by atoms with Gasteiger partial charge in [0, 0.05) is 78.9 Å². The van der Waals surface area contributed by atoms with Gasteiger partial charge in [-0.05, 0) is 69.8 Å². The van der Waals surface area contributed by atoms with Crippen molar-refractivity contribution in [3.8, 4) is 84.4 Å². The molecule has 6 heteroatoms. The first-order chi connectivity index (χ1) is 37.2. The van der Waals surface area contributed by atoms with Gasteiger partial charge in [-0.15, -0.1) is 22.7 Å². The summed E-state index contributed by atoms with van der Waals surface area (Å²) < 4.78 is 7.82. The van der Waals surface area contributed by atoms with Crippen LogP contribution in [-0.4, -0.2) is 19.5 Å². The lowest BCUT2D eigenvalue weighted by molar-refractivity contribution is 1.07. The fraction of sp³-hybridized carbons (Fsp3) is 0. The molecule has 0 amide bonds. The highest BCUT2D eigenvalue weighted by Crippen LogP contribution is 2.50. The Labute approximate surface area is 440 Å². The molecule has 0 N–H and O–H groups in total. The van der Waals surface area contributed by atoms with Crippen LogP contribution in [0.2, 0.25) is 0 Å². The number of aromatic nitrogens is 4. The zero-order valence-corrected chi connectivity index (χ0v) is 42.0. The molecule has 0 atom stereocenters. The number of hydrogen-bond donors (Lipinski definition) is 0. The Morgan fingerprint density at radius 3 is 1.25 bits per heavy atom. The van der Waals surface area contributed by atoms with Gasteiger partial charge in [0.1, 0.15) is 0 Å². The smallest absolute Gasteiger partial charge is 0.164 e. The summed E-state index contributed by atoms with van der Waals surface area (Å²) in [6, 6.07) is 91.7. The summed E-state index contributed by atoms with van der Waals surface area (Å²) in [5.41, 5.74) is 15.0. The van der Waals surface area contributed by atoms with E-state index >= 15 is 0 Å². The highest BCUT2D eigenvalue weighted by Gasteiger charge is 2.25. The van der Waals surface area contributed by atoms with Gasteiger partial charge in [-0.2, -0.15) is 0 Å². The molecule has 0 bridgehead atoms. The van der Waals surface area contributed by atoms with E-state index in [-0.39, 0.29) is 0 Å². The van der Waals surface area contributed by atoms with Gasteiger partial charge in [0.2, 0.25) is 0 Å². The molecule has 4 nitrogen and oxygen atoms in total. The lowest BCUT2D eigenvalue weighted by Crippen LogP contribution is -2.04. The predicted molar refractivity (Wildman–Crippen MR) is 318 cm³/mol. The van der Waals surface area contributed by atoms with Gasteiger partial charge in [-0.1, -0.05) is 218 Å². The van der Waals surface area contributed by atoms with E-state index in [2.05, 4.69) is 223 Å². The minimum Gasteiger partial charge on any atom is -0.308 e. The fourth-order valence-electron chi connectivity index (χ4n) is 11.1. The summed E-state index contributed by atoms with van der Waals surface area (Å²) in [7, 11) is 0. The van der Waals surface area contributed by atoms with Crippen molar-refractivity contribution in [2.45, 2.75) is 0 Å². The van der Waals surface area contributed by atoms with E-state index < -0.39 is 0 Å². The molecular formula is C69H42N4S2. The first kappa shape index (κ1) is 43.3. The molecule has 0 aliphatic rings. The Morgan fingerprint density at radius 1 is 0.267 bits per heavy atom. The summed E-state index contributed by atoms with van der Waals surface area (Å²) in [5, 5.41) is 7.74. The normalized spacial score (nSPS) is 11.7. The Morgan fingerprint density at radius 2 is 0.693 bits per heavy atom. The maximum atomic E-state index is 5.33. The third-order valence-corrected chi connectivity index (χ3v) is 17.1. The summed E-state index contributed by atoms with van der Waals surface area (Å²) in [5.74, 6) is 1.84. The van der Waals surface area contributed by atoms with Crippen LogP contribution in [0.4, 0.5) is 0 Å². The molecule has 15 aromatic rings. The van der Waals surface area contributed by atoms with Crippen molar-refractivity contribution < 1.29 is 0 Å². The van der Waals surface area contributed by atoms with Crippen LogP contribution >= 0.6 is 22.7 Å². The summed E-state index contributed by atoms with van der Waals surface area (Å²) >= 11 is 3.81. The topological polar surface area (TPSA) is 43.6 Å². The summed E-state index contributed by atoms with van der Waals surface area (Å²) in [4.78, 5) is 15.8. The Hall–Kier alpha value is -9.33. The van der Waals surface area contributed by atoms with E-state index in [1.165, 1.54) is 62.2 Å². The molecule has 0 spiro atoms. The second-order valence-corrected chi connectivity index (χ2v) is 21.2. The van der Waals surface area contributed by atoms with E-state index in [4.69, 9.17) is 15.0 Å². The van der Waals surface area contributed by atoms with Gasteiger partial charge in [-0.25, -0.2) is 15.0 Å². The van der Waals surface area contributed by atoms with Crippen molar-refractivity contribution >= 4 is 84.8 Å². The predicted octanol–water partition coefficient (Wildman–Crippen LogP) is 19.4. The number of para-hydroxylation sites is 1. The number of rotatable bonds is 8. The molecule has 4 heterocycles. The maximum Gasteiger partial charge on any atom is 0.164 e. The number of nitrogens with zero attached hydrogens (tertiary/aromatic N) is 4. The molecule has 0 aliphatic heterocycles. The first-order valence-electron chi connectivity index (χ1n) is 25.2. The standard InChI is InChI=1S/C69H42N4S2/c1-5-17-43(18-6-1)45-29-33-47(34-30-45)56-41-51(69-71-67(49-21-9-3-10-22-49)70-68(72-69)50-23-11-4-12-24-50)42-57(48-35-31-46(32-36-48)44-19-7-2-8-20-44)64(56)73-58-27-15-13-25-54(58)62-59(73)39-37-52-53-38-40-61-63(66(53)75-65(52)62)55-26-14-16-28-60(55)74-61/h1-42H. The molecular weight excluding hydrogens is 949 g/mol. The molecule has 0 saturated heterocycles. The van der Waals surface area contributed by atoms with Crippen LogP contribution in [0.1, 0.15) is 0 Å². The summed E-state index contributed by atoms with van der Waals surface area (Å²) in [6.45, 7) is 0. The van der Waals surface area contributed by atoms with E-state index in [9.17, 15) is 0 Å². The molecule has 0 aliphatic carbocycles. The van der Waals surface area contributed by atoms with Gasteiger partial charge in [0.25, 0.3) is 0 Å². The molecule has 0 fully saturated rings.